The van der Waals surface area contributed by atoms with Crippen LogP contribution in [0.25, 0.3) is 0 Å². The molecule has 3 heteroatoms. The summed E-state index contributed by atoms with van der Waals surface area (Å²) in [4.78, 5) is 2.53. The maximum atomic E-state index is 5.32. The smallest absolute Gasteiger partial charge is 0.0630 e. The third kappa shape index (κ3) is 3.72. The van der Waals surface area contributed by atoms with Gasteiger partial charge in [-0.25, -0.2) is 0 Å². The van der Waals surface area contributed by atoms with Gasteiger partial charge >= 0.3 is 0 Å². The van der Waals surface area contributed by atoms with Crippen molar-refractivity contribution in [3.8, 4) is 0 Å². The van der Waals surface area contributed by atoms with E-state index >= 15 is 0 Å². The van der Waals surface area contributed by atoms with Gasteiger partial charge in [-0.3, -0.25) is 4.90 Å². The van der Waals surface area contributed by atoms with E-state index < -0.39 is 0 Å². The summed E-state index contributed by atoms with van der Waals surface area (Å²) < 4.78 is 5.32. The predicted molar refractivity (Wildman–Crippen MR) is 68.8 cm³/mol. The average Bonchev–Trinajstić information content (AvgIpc) is 2.28. The first-order chi connectivity index (χ1) is 7.70. The summed E-state index contributed by atoms with van der Waals surface area (Å²) in [6, 6.07) is 1.24. The maximum Gasteiger partial charge on any atom is 0.0630 e. The minimum absolute atomic E-state index is 0.501. The maximum absolute atomic E-state index is 5.32. The third-order valence-corrected chi connectivity index (χ3v) is 3.96. The van der Waals surface area contributed by atoms with Crippen LogP contribution in [0.1, 0.15) is 32.6 Å². The van der Waals surface area contributed by atoms with Gasteiger partial charge in [0, 0.05) is 25.7 Å². The van der Waals surface area contributed by atoms with Crippen LogP contribution in [0.2, 0.25) is 0 Å². The molecule has 0 saturated heterocycles. The fourth-order valence-corrected chi connectivity index (χ4v) is 2.92. The largest absolute Gasteiger partial charge is 0.383 e. The molecule has 0 amide bonds. The molecule has 96 valence electrons. The van der Waals surface area contributed by atoms with Crippen molar-refractivity contribution in [3.05, 3.63) is 0 Å². The Hall–Kier alpha value is -0.120. The number of rotatable bonds is 6. The quantitative estimate of drug-likeness (QED) is 0.749. The van der Waals surface area contributed by atoms with E-state index in [0.29, 0.717) is 6.04 Å². The molecular formula is C13H28N2O. The summed E-state index contributed by atoms with van der Waals surface area (Å²) in [5.74, 6) is 0.829. The van der Waals surface area contributed by atoms with Gasteiger partial charge < -0.3 is 10.1 Å². The first-order valence-corrected chi connectivity index (χ1v) is 6.56. The summed E-state index contributed by atoms with van der Waals surface area (Å²) >= 11 is 0. The van der Waals surface area contributed by atoms with E-state index in [1.807, 2.05) is 7.05 Å². The van der Waals surface area contributed by atoms with Crippen molar-refractivity contribution in [2.75, 3.05) is 34.4 Å². The molecule has 0 bridgehead atoms. The summed E-state index contributed by atoms with van der Waals surface area (Å²) in [6.45, 7) is 4.22. The zero-order valence-corrected chi connectivity index (χ0v) is 11.3. The average molecular weight is 228 g/mol. The van der Waals surface area contributed by atoms with Crippen LogP contribution in [-0.2, 0) is 4.74 Å². The van der Waals surface area contributed by atoms with E-state index in [1.165, 1.54) is 25.7 Å². The van der Waals surface area contributed by atoms with E-state index in [-0.39, 0.29) is 0 Å². The summed E-state index contributed by atoms with van der Waals surface area (Å²) in [7, 11) is 6.06. The van der Waals surface area contributed by atoms with E-state index in [4.69, 9.17) is 4.74 Å². The normalized spacial score (nSPS) is 28.3. The molecule has 1 aliphatic rings. The predicted octanol–water partition coefficient (Wildman–Crippen LogP) is 1.73. The standard InChI is InChI=1S/C13H28N2O/c1-11-7-5-6-8-13(11)15(3)12(9-14-2)10-16-4/h11-14H,5-10H2,1-4H3. The lowest BCUT2D eigenvalue weighted by Gasteiger charge is -2.40. The van der Waals surface area contributed by atoms with E-state index in [2.05, 4.69) is 24.2 Å². The minimum atomic E-state index is 0.501. The molecule has 1 saturated carbocycles. The van der Waals surface area contributed by atoms with Crippen LogP contribution < -0.4 is 5.32 Å². The Bertz CT molecular complexity index is 181. The first kappa shape index (κ1) is 13.9. The van der Waals surface area contributed by atoms with Crippen LogP contribution in [0, 0.1) is 5.92 Å². The lowest BCUT2D eigenvalue weighted by molar-refractivity contribution is 0.0473. The highest BCUT2D eigenvalue weighted by Crippen LogP contribution is 2.28. The van der Waals surface area contributed by atoms with Gasteiger partial charge in [-0.1, -0.05) is 19.8 Å². The Kier molecular flexibility index (Phi) is 6.32. The van der Waals surface area contributed by atoms with Crippen LogP contribution in [0.5, 0.6) is 0 Å². The van der Waals surface area contributed by atoms with E-state index in [9.17, 15) is 0 Å². The molecule has 1 fully saturated rings. The highest BCUT2D eigenvalue weighted by atomic mass is 16.5. The molecule has 0 radical (unpaired) electrons. The zero-order chi connectivity index (χ0) is 12.0. The van der Waals surface area contributed by atoms with Gasteiger partial charge in [0.25, 0.3) is 0 Å². The first-order valence-electron chi connectivity index (χ1n) is 6.56. The number of nitrogens with one attached hydrogen (secondary N) is 1. The van der Waals surface area contributed by atoms with Crippen LogP contribution in [0.4, 0.5) is 0 Å². The summed E-state index contributed by atoms with van der Waals surface area (Å²) in [6.07, 6.45) is 5.53. The fraction of sp³-hybridized carbons (Fsp3) is 1.00. The lowest BCUT2D eigenvalue weighted by atomic mass is 9.84. The molecule has 3 atom stereocenters. The highest BCUT2D eigenvalue weighted by Gasteiger charge is 2.28. The second-order valence-corrected chi connectivity index (χ2v) is 5.16. The number of ether oxygens (including phenoxy) is 1. The molecule has 1 N–H and O–H groups in total. The zero-order valence-electron chi connectivity index (χ0n) is 11.3. The molecule has 0 heterocycles. The van der Waals surface area contributed by atoms with Crippen LogP contribution >= 0.6 is 0 Å². The van der Waals surface area contributed by atoms with Crippen molar-refractivity contribution in [3.63, 3.8) is 0 Å². The molecule has 3 nitrogen and oxygen atoms in total. The second-order valence-electron chi connectivity index (χ2n) is 5.16. The Morgan fingerprint density at radius 1 is 1.38 bits per heavy atom. The number of hydrogen-bond donors (Lipinski definition) is 1. The Balaban J connectivity index is 2.53. The van der Waals surface area contributed by atoms with Gasteiger partial charge in [0.2, 0.25) is 0 Å². The van der Waals surface area contributed by atoms with E-state index in [0.717, 1.165) is 25.1 Å². The van der Waals surface area contributed by atoms with Gasteiger partial charge in [0.05, 0.1) is 6.61 Å². The van der Waals surface area contributed by atoms with Crippen LogP contribution in [0.3, 0.4) is 0 Å². The Morgan fingerprint density at radius 2 is 2.06 bits per heavy atom. The Morgan fingerprint density at radius 3 is 2.62 bits per heavy atom. The number of likely N-dealkylation sites (N-methyl/N-ethyl adjacent to an activating group) is 2. The number of nitrogens with zero attached hydrogens (tertiary/aromatic N) is 1. The molecule has 3 unspecified atom stereocenters. The lowest BCUT2D eigenvalue weighted by Crippen LogP contribution is -2.50. The molecule has 0 spiro atoms. The molecular weight excluding hydrogens is 200 g/mol. The molecule has 16 heavy (non-hydrogen) atoms. The van der Waals surface area contributed by atoms with Crippen molar-refractivity contribution >= 4 is 0 Å². The van der Waals surface area contributed by atoms with Crippen LogP contribution in [-0.4, -0.2) is 51.3 Å². The van der Waals surface area contributed by atoms with Gasteiger partial charge in [0.15, 0.2) is 0 Å². The van der Waals surface area contributed by atoms with Crippen molar-refractivity contribution < 1.29 is 4.74 Å². The van der Waals surface area contributed by atoms with E-state index in [1.54, 1.807) is 7.11 Å². The van der Waals surface area contributed by atoms with Crippen molar-refractivity contribution in [2.24, 2.45) is 5.92 Å². The Labute approximate surface area is 101 Å². The van der Waals surface area contributed by atoms with Gasteiger partial charge in [-0.05, 0) is 32.9 Å². The SMILES string of the molecule is CNCC(COC)N(C)C1CCCCC1C. The molecule has 0 aliphatic heterocycles. The molecule has 1 aliphatic carbocycles. The molecule has 0 aromatic heterocycles. The van der Waals surface area contributed by atoms with Gasteiger partial charge in [-0.2, -0.15) is 0 Å². The summed E-state index contributed by atoms with van der Waals surface area (Å²) in [5.41, 5.74) is 0. The minimum Gasteiger partial charge on any atom is -0.383 e. The molecule has 1 rings (SSSR count). The van der Waals surface area contributed by atoms with Crippen LogP contribution in [0.15, 0.2) is 0 Å². The fourth-order valence-electron chi connectivity index (χ4n) is 2.92. The second kappa shape index (κ2) is 7.25. The van der Waals surface area contributed by atoms with Crippen molar-refractivity contribution in [2.45, 2.75) is 44.7 Å². The third-order valence-electron chi connectivity index (χ3n) is 3.96. The molecule has 0 aromatic carbocycles. The van der Waals surface area contributed by atoms with Crippen molar-refractivity contribution in [1.29, 1.82) is 0 Å². The number of hydrogen-bond acceptors (Lipinski definition) is 3. The molecule has 0 aromatic rings. The monoisotopic (exact) mass is 228 g/mol. The van der Waals surface area contributed by atoms with Crippen molar-refractivity contribution in [1.82, 2.24) is 10.2 Å². The summed E-state index contributed by atoms with van der Waals surface area (Å²) in [5, 5.41) is 3.27. The van der Waals surface area contributed by atoms with Gasteiger partial charge in [-0.15, -0.1) is 0 Å². The number of methoxy groups -OCH3 is 1. The van der Waals surface area contributed by atoms with Gasteiger partial charge in [0.1, 0.15) is 0 Å². The topological polar surface area (TPSA) is 24.5 Å². The highest BCUT2D eigenvalue weighted by molar-refractivity contribution is 4.84.